The van der Waals surface area contributed by atoms with Gasteiger partial charge < -0.3 is 4.74 Å². The second kappa shape index (κ2) is 3.90. The molecule has 15 heavy (non-hydrogen) atoms. The predicted octanol–water partition coefficient (Wildman–Crippen LogP) is 2.33. The van der Waals surface area contributed by atoms with E-state index in [1.54, 1.807) is 12.1 Å². The van der Waals surface area contributed by atoms with Gasteiger partial charge in [-0.1, -0.05) is 23.9 Å². The number of nitro benzene ring substituents is 1. The van der Waals surface area contributed by atoms with E-state index in [0.29, 0.717) is 5.75 Å². The molecular formula is C9H8N2O3S. The first-order chi connectivity index (χ1) is 7.16. The molecule has 1 atom stereocenters. The van der Waals surface area contributed by atoms with Gasteiger partial charge in [0.2, 0.25) is 5.23 Å². The maximum atomic E-state index is 10.5. The van der Waals surface area contributed by atoms with Crippen molar-refractivity contribution in [3.63, 3.8) is 0 Å². The zero-order valence-electron chi connectivity index (χ0n) is 7.67. The van der Waals surface area contributed by atoms with Crippen LogP contribution in [0, 0.1) is 15.5 Å². The Bertz CT molecular complexity index is 422. The van der Waals surface area contributed by atoms with Crippen molar-refractivity contribution in [2.45, 2.75) is 6.10 Å². The van der Waals surface area contributed by atoms with E-state index in [1.165, 1.54) is 23.9 Å². The normalized spacial score (nSPS) is 20.0. The van der Waals surface area contributed by atoms with Gasteiger partial charge >= 0.3 is 0 Å². The lowest BCUT2D eigenvalue weighted by Crippen LogP contribution is -2.01. The molecule has 1 heterocycles. The Labute approximate surface area is 90.1 Å². The summed E-state index contributed by atoms with van der Waals surface area (Å²) in [5, 5.41) is 18.0. The summed E-state index contributed by atoms with van der Waals surface area (Å²) < 4.78 is 5.21. The van der Waals surface area contributed by atoms with Gasteiger partial charge in [-0.25, -0.2) is 0 Å². The van der Waals surface area contributed by atoms with E-state index in [4.69, 9.17) is 10.1 Å². The van der Waals surface area contributed by atoms with Crippen molar-refractivity contribution >= 4 is 22.7 Å². The van der Waals surface area contributed by atoms with Gasteiger partial charge in [0.15, 0.2) is 0 Å². The van der Waals surface area contributed by atoms with Gasteiger partial charge in [0.1, 0.15) is 6.10 Å². The van der Waals surface area contributed by atoms with Crippen LogP contribution in [-0.4, -0.2) is 15.9 Å². The third-order valence-electron chi connectivity index (χ3n) is 2.07. The van der Waals surface area contributed by atoms with Crippen molar-refractivity contribution in [3.05, 3.63) is 39.9 Å². The first-order valence-electron chi connectivity index (χ1n) is 4.29. The molecule has 0 aliphatic carbocycles. The number of non-ortho nitro benzene ring substituents is 1. The molecule has 0 aromatic heterocycles. The molecule has 0 unspecified atom stereocenters. The minimum Gasteiger partial charge on any atom is -0.464 e. The molecule has 5 nitrogen and oxygen atoms in total. The highest BCUT2D eigenvalue weighted by Crippen LogP contribution is 2.32. The third-order valence-corrected chi connectivity index (χ3v) is 2.90. The Morgan fingerprint density at radius 3 is 3.00 bits per heavy atom. The molecular weight excluding hydrogens is 216 g/mol. The fraction of sp³-hybridized carbons (Fsp3) is 0.222. The molecule has 0 amide bonds. The summed E-state index contributed by atoms with van der Waals surface area (Å²) in [6.07, 6.45) is -0.234. The van der Waals surface area contributed by atoms with Crippen LogP contribution in [0.4, 0.5) is 5.69 Å². The molecule has 1 N–H and O–H groups in total. The minimum absolute atomic E-state index is 0.0551. The summed E-state index contributed by atoms with van der Waals surface area (Å²) >= 11 is 1.31. The average Bonchev–Trinajstić information content (AvgIpc) is 2.65. The monoisotopic (exact) mass is 224 g/mol. The SMILES string of the molecule is N=C1O[C@H](c2cccc([N+](=O)[O-])c2)CS1. The fourth-order valence-corrected chi connectivity index (χ4v) is 2.10. The number of hydrogen-bond acceptors (Lipinski definition) is 5. The number of hydrogen-bond donors (Lipinski definition) is 1. The number of thioether (sulfide) groups is 1. The van der Waals surface area contributed by atoms with E-state index in [9.17, 15) is 10.1 Å². The molecule has 1 aliphatic heterocycles. The molecule has 1 aromatic carbocycles. The molecule has 0 saturated carbocycles. The number of rotatable bonds is 2. The van der Waals surface area contributed by atoms with Crippen LogP contribution in [0.3, 0.4) is 0 Å². The molecule has 1 aromatic rings. The number of nitrogens with one attached hydrogen (secondary N) is 1. The molecule has 1 aliphatic rings. The van der Waals surface area contributed by atoms with E-state index in [-0.39, 0.29) is 17.0 Å². The predicted molar refractivity (Wildman–Crippen MR) is 57.1 cm³/mol. The Morgan fingerprint density at radius 1 is 1.60 bits per heavy atom. The zero-order chi connectivity index (χ0) is 10.8. The van der Waals surface area contributed by atoms with Gasteiger partial charge in [0.05, 0.1) is 4.92 Å². The van der Waals surface area contributed by atoms with Crippen molar-refractivity contribution in [3.8, 4) is 0 Å². The van der Waals surface area contributed by atoms with Gasteiger partial charge in [-0.2, -0.15) is 0 Å². The highest BCUT2D eigenvalue weighted by atomic mass is 32.2. The summed E-state index contributed by atoms with van der Waals surface area (Å²) in [6.45, 7) is 0. The Kier molecular flexibility index (Phi) is 2.59. The molecule has 0 spiro atoms. The summed E-state index contributed by atoms with van der Waals surface area (Å²) in [5.74, 6) is 0.639. The van der Waals surface area contributed by atoms with Crippen molar-refractivity contribution in [2.75, 3.05) is 5.75 Å². The number of nitrogens with zero attached hydrogens (tertiary/aromatic N) is 1. The second-order valence-corrected chi connectivity index (χ2v) is 4.05. The quantitative estimate of drug-likeness (QED) is 0.617. The zero-order valence-corrected chi connectivity index (χ0v) is 8.49. The van der Waals surface area contributed by atoms with Gasteiger partial charge in [0, 0.05) is 23.4 Å². The van der Waals surface area contributed by atoms with Gasteiger partial charge in [-0.15, -0.1) is 0 Å². The van der Waals surface area contributed by atoms with E-state index >= 15 is 0 Å². The summed E-state index contributed by atoms with van der Waals surface area (Å²) in [6, 6.07) is 6.33. The maximum Gasteiger partial charge on any atom is 0.269 e. The van der Waals surface area contributed by atoms with Crippen LogP contribution in [0.25, 0.3) is 0 Å². The van der Waals surface area contributed by atoms with Crippen molar-refractivity contribution in [1.29, 1.82) is 5.41 Å². The lowest BCUT2D eigenvalue weighted by molar-refractivity contribution is -0.385. The molecule has 1 fully saturated rings. The highest BCUT2D eigenvalue weighted by molar-refractivity contribution is 8.13. The van der Waals surface area contributed by atoms with Gasteiger partial charge in [0.25, 0.3) is 5.69 Å². The molecule has 2 rings (SSSR count). The average molecular weight is 224 g/mol. The molecule has 0 bridgehead atoms. The maximum absolute atomic E-state index is 10.5. The van der Waals surface area contributed by atoms with E-state index in [1.807, 2.05) is 0 Å². The fourth-order valence-electron chi connectivity index (χ4n) is 1.35. The van der Waals surface area contributed by atoms with Gasteiger partial charge in [-0.3, -0.25) is 15.5 Å². The molecule has 78 valence electrons. The topological polar surface area (TPSA) is 76.2 Å². The first-order valence-corrected chi connectivity index (χ1v) is 5.28. The van der Waals surface area contributed by atoms with Crippen LogP contribution >= 0.6 is 11.8 Å². The van der Waals surface area contributed by atoms with E-state index in [2.05, 4.69) is 0 Å². The van der Waals surface area contributed by atoms with Crippen LogP contribution in [-0.2, 0) is 4.74 Å². The van der Waals surface area contributed by atoms with Crippen molar-refractivity contribution in [1.82, 2.24) is 0 Å². The van der Waals surface area contributed by atoms with Crippen LogP contribution < -0.4 is 0 Å². The lowest BCUT2D eigenvalue weighted by atomic mass is 10.1. The Morgan fingerprint density at radius 2 is 2.40 bits per heavy atom. The third kappa shape index (κ3) is 2.10. The summed E-state index contributed by atoms with van der Waals surface area (Å²) in [5.41, 5.74) is 0.804. The van der Waals surface area contributed by atoms with Crippen LogP contribution in [0.1, 0.15) is 11.7 Å². The van der Waals surface area contributed by atoms with E-state index in [0.717, 1.165) is 5.56 Å². The van der Waals surface area contributed by atoms with Crippen LogP contribution in [0.2, 0.25) is 0 Å². The Hall–Kier alpha value is -1.56. The number of benzene rings is 1. The lowest BCUT2D eigenvalue weighted by Gasteiger charge is -2.08. The summed E-state index contributed by atoms with van der Waals surface area (Å²) in [7, 11) is 0. The summed E-state index contributed by atoms with van der Waals surface area (Å²) in [4.78, 5) is 10.1. The van der Waals surface area contributed by atoms with Crippen LogP contribution in [0.15, 0.2) is 24.3 Å². The van der Waals surface area contributed by atoms with Crippen LogP contribution in [0.5, 0.6) is 0 Å². The van der Waals surface area contributed by atoms with E-state index < -0.39 is 4.92 Å². The number of nitro groups is 1. The minimum atomic E-state index is -0.434. The standard InChI is InChI=1S/C9H8N2O3S/c10-9-14-8(5-15-9)6-2-1-3-7(4-6)11(12)13/h1-4,8,10H,5H2/t8-/m0/s1. The largest absolute Gasteiger partial charge is 0.464 e. The Balaban J connectivity index is 2.25. The van der Waals surface area contributed by atoms with Gasteiger partial charge in [-0.05, 0) is 0 Å². The number of ether oxygens (including phenoxy) is 1. The van der Waals surface area contributed by atoms with Crippen molar-refractivity contribution < 1.29 is 9.66 Å². The highest BCUT2D eigenvalue weighted by Gasteiger charge is 2.24. The second-order valence-electron chi connectivity index (χ2n) is 3.06. The molecule has 0 radical (unpaired) electrons. The van der Waals surface area contributed by atoms with Crippen molar-refractivity contribution in [2.24, 2.45) is 0 Å². The molecule has 1 saturated heterocycles. The first kappa shape index (κ1) is 9.97. The molecule has 6 heteroatoms. The smallest absolute Gasteiger partial charge is 0.269 e.